The highest BCUT2D eigenvalue weighted by atomic mass is 16.5. The third kappa shape index (κ3) is 3.56. The number of benzene rings is 2. The van der Waals surface area contributed by atoms with Crippen LogP contribution in [0.5, 0.6) is 5.75 Å². The van der Waals surface area contributed by atoms with Crippen LogP contribution in [0.15, 0.2) is 60.8 Å². The second-order valence-corrected chi connectivity index (χ2v) is 7.36. The average molecular weight is 349 g/mol. The molecule has 2 aliphatic heterocycles. The van der Waals surface area contributed by atoms with Crippen LogP contribution >= 0.6 is 0 Å². The van der Waals surface area contributed by atoms with Crippen molar-refractivity contribution in [3.8, 4) is 5.75 Å². The maximum Gasteiger partial charge on any atom is 0.119 e. The average Bonchev–Trinajstić information content (AvgIpc) is 3.11. The Morgan fingerprint density at radius 1 is 1.15 bits per heavy atom. The minimum Gasteiger partial charge on any atom is -0.489 e. The van der Waals surface area contributed by atoms with E-state index in [9.17, 15) is 0 Å². The topological polar surface area (TPSA) is 36.5 Å². The summed E-state index contributed by atoms with van der Waals surface area (Å²) in [5.74, 6) is 1.45. The number of hydrogen-bond donors (Lipinski definition) is 2. The van der Waals surface area contributed by atoms with Crippen molar-refractivity contribution in [1.29, 1.82) is 0 Å². The van der Waals surface area contributed by atoms with Crippen molar-refractivity contribution in [3.63, 3.8) is 0 Å². The van der Waals surface area contributed by atoms with Crippen molar-refractivity contribution in [3.05, 3.63) is 71.9 Å². The van der Waals surface area contributed by atoms with E-state index in [1.807, 2.05) is 6.20 Å². The maximum absolute atomic E-state index is 5.99. The molecule has 136 valence electrons. The Kier molecular flexibility index (Phi) is 4.85. The van der Waals surface area contributed by atoms with Gasteiger partial charge in [0.2, 0.25) is 0 Å². The summed E-state index contributed by atoms with van der Waals surface area (Å²) in [7, 11) is 0. The molecule has 0 aliphatic carbocycles. The zero-order valence-corrected chi connectivity index (χ0v) is 15.5. The van der Waals surface area contributed by atoms with Crippen LogP contribution < -0.4 is 20.3 Å². The van der Waals surface area contributed by atoms with Crippen molar-refractivity contribution in [2.75, 3.05) is 11.6 Å². The normalized spacial score (nSPS) is 21.6. The highest BCUT2D eigenvalue weighted by Crippen LogP contribution is 2.27. The fraction of sp³-hybridized carbons (Fsp3) is 0.364. The molecular weight excluding hydrogens is 322 g/mol. The lowest BCUT2D eigenvalue weighted by Gasteiger charge is -2.30. The van der Waals surface area contributed by atoms with Crippen molar-refractivity contribution < 1.29 is 4.74 Å². The van der Waals surface area contributed by atoms with Gasteiger partial charge < -0.3 is 15.0 Å². The lowest BCUT2D eigenvalue weighted by Crippen LogP contribution is -2.46. The van der Waals surface area contributed by atoms with E-state index < -0.39 is 0 Å². The lowest BCUT2D eigenvalue weighted by atomic mass is 10.0. The highest BCUT2D eigenvalue weighted by Gasteiger charge is 2.33. The molecule has 0 radical (unpaired) electrons. The fourth-order valence-corrected chi connectivity index (χ4v) is 3.67. The SMILES string of the molecule is CC(C)c1cccc(COc2ccc(N3CNC4NC=CCC43)cc2)c1. The Hall–Kier alpha value is -2.46. The molecule has 2 atom stereocenters. The molecule has 4 nitrogen and oxygen atoms in total. The number of fused-ring (bicyclic) bond motifs is 1. The van der Waals surface area contributed by atoms with Gasteiger partial charge in [-0.1, -0.05) is 44.2 Å². The largest absolute Gasteiger partial charge is 0.489 e. The first-order chi connectivity index (χ1) is 12.7. The summed E-state index contributed by atoms with van der Waals surface area (Å²) in [4.78, 5) is 2.41. The van der Waals surface area contributed by atoms with Crippen LogP contribution in [0.4, 0.5) is 5.69 Å². The summed E-state index contributed by atoms with van der Waals surface area (Å²) < 4.78 is 5.99. The standard InChI is InChI=1S/C22H27N3O/c1-16(2)18-6-3-5-17(13-18)14-26-20-10-8-19(9-11-20)25-15-24-22-21(25)7-4-12-23-22/h3-6,8-13,16,21-24H,7,14-15H2,1-2H3. The second-order valence-electron chi connectivity index (χ2n) is 7.36. The Morgan fingerprint density at radius 2 is 2.00 bits per heavy atom. The summed E-state index contributed by atoms with van der Waals surface area (Å²) in [6.07, 6.45) is 5.64. The van der Waals surface area contributed by atoms with E-state index in [2.05, 4.69) is 84.0 Å². The molecule has 1 fully saturated rings. The molecule has 0 bridgehead atoms. The molecule has 2 aromatic rings. The first-order valence-corrected chi connectivity index (χ1v) is 9.43. The molecule has 4 rings (SSSR count). The molecule has 2 unspecified atom stereocenters. The van der Waals surface area contributed by atoms with E-state index in [0.29, 0.717) is 24.7 Å². The molecular formula is C22H27N3O. The summed E-state index contributed by atoms with van der Waals surface area (Å²) in [6.45, 7) is 5.90. The van der Waals surface area contributed by atoms with Gasteiger partial charge in [-0.15, -0.1) is 0 Å². The number of nitrogens with one attached hydrogen (secondary N) is 2. The monoisotopic (exact) mass is 349 g/mol. The Bertz CT molecular complexity index is 769. The van der Waals surface area contributed by atoms with E-state index in [4.69, 9.17) is 4.74 Å². The summed E-state index contributed by atoms with van der Waals surface area (Å²) in [5.41, 5.74) is 3.80. The van der Waals surface area contributed by atoms with E-state index in [1.165, 1.54) is 16.8 Å². The molecule has 0 aromatic heterocycles. The molecule has 26 heavy (non-hydrogen) atoms. The van der Waals surface area contributed by atoms with Crippen molar-refractivity contribution in [2.24, 2.45) is 0 Å². The van der Waals surface area contributed by atoms with Gasteiger partial charge in [-0.2, -0.15) is 0 Å². The summed E-state index contributed by atoms with van der Waals surface area (Å²) in [5, 5.41) is 6.90. The number of rotatable bonds is 5. The van der Waals surface area contributed by atoms with Gasteiger partial charge in [0.05, 0.1) is 18.9 Å². The van der Waals surface area contributed by atoms with Gasteiger partial charge >= 0.3 is 0 Å². The predicted octanol–water partition coefficient (Wildman–Crippen LogP) is 3.96. The van der Waals surface area contributed by atoms with Gasteiger partial charge in [0.15, 0.2) is 0 Å². The second kappa shape index (κ2) is 7.42. The van der Waals surface area contributed by atoms with Gasteiger partial charge in [0.25, 0.3) is 0 Å². The van der Waals surface area contributed by atoms with Gasteiger partial charge in [-0.25, -0.2) is 0 Å². The summed E-state index contributed by atoms with van der Waals surface area (Å²) in [6, 6.07) is 17.6. The van der Waals surface area contributed by atoms with Crippen LogP contribution in [0.25, 0.3) is 0 Å². The molecule has 2 heterocycles. The van der Waals surface area contributed by atoms with Crippen LogP contribution in [-0.4, -0.2) is 18.9 Å². The highest BCUT2D eigenvalue weighted by molar-refractivity contribution is 5.51. The first kappa shape index (κ1) is 17.0. The van der Waals surface area contributed by atoms with Crippen LogP contribution in [0.2, 0.25) is 0 Å². The molecule has 2 N–H and O–H groups in total. The summed E-state index contributed by atoms with van der Waals surface area (Å²) >= 11 is 0. The Morgan fingerprint density at radius 3 is 2.81 bits per heavy atom. The van der Waals surface area contributed by atoms with Crippen LogP contribution in [-0.2, 0) is 6.61 Å². The van der Waals surface area contributed by atoms with E-state index in [0.717, 1.165) is 18.8 Å². The molecule has 2 aliphatic rings. The smallest absolute Gasteiger partial charge is 0.119 e. The van der Waals surface area contributed by atoms with Gasteiger partial charge in [0, 0.05) is 5.69 Å². The molecule has 1 saturated heterocycles. The van der Waals surface area contributed by atoms with Crippen molar-refractivity contribution >= 4 is 5.69 Å². The number of hydrogen-bond acceptors (Lipinski definition) is 4. The molecule has 2 aromatic carbocycles. The number of anilines is 1. The minimum absolute atomic E-state index is 0.337. The predicted molar refractivity (Wildman–Crippen MR) is 106 cm³/mol. The molecule has 0 saturated carbocycles. The maximum atomic E-state index is 5.99. The van der Waals surface area contributed by atoms with Crippen LogP contribution in [0.3, 0.4) is 0 Å². The molecule has 0 spiro atoms. The zero-order valence-electron chi connectivity index (χ0n) is 15.5. The van der Waals surface area contributed by atoms with Crippen molar-refractivity contribution in [1.82, 2.24) is 10.6 Å². The third-order valence-electron chi connectivity index (χ3n) is 5.23. The van der Waals surface area contributed by atoms with Crippen molar-refractivity contribution in [2.45, 2.75) is 45.0 Å². The lowest BCUT2D eigenvalue weighted by molar-refractivity contribution is 0.306. The van der Waals surface area contributed by atoms with E-state index in [-0.39, 0.29) is 0 Å². The van der Waals surface area contributed by atoms with E-state index >= 15 is 0 Å². The number of ether oxygens (including phenoxy) is 1. The van der Waals surface area contributed by atoms with Gasteiger partial charge in [-0.05, 0) is 53.9 Å². The fourth-order valence-electron chi connectivity index (χ4n) is 3.67. The molecule has 4 heteroatoms. The molecule has 0 amide bonds. The third-order valence-corrected chi connectivity index (χ3v) is 5.23. The minimum atomic E-state index is 0.337. The number of nitrogens with zero attached hydrogens (tertiary/aromatic N) is 1. The zero-order chi connectivity index (χ0) is 17.9. The Labute approximate surface area is 155 Å². The van der Waals surface area contributed by atoms with Gasteiger partial charge in [-0.3, -0.25) is 5.32 Å². The van der Waals surface area contributed by atoms with Crippen LogP contribution in [0.1, 0.15) is 37.3 Å². The Balaban J connectivity index is 1.39. The van der Waals surface area contributed by atoms with E-state index in [1.54, 1.807) is 0 Å². The van der Waals surface area contributed by atoms with Gasteiger partial charge in [0.1, 0.15) is 12.4 Å². The quantitative estimate of drug-likeness (QED) is 0.857. The first-order valence-electron chi connectivity index (χ1n) is 9.43. The van der Waals surface area contributed by atoms with Crippen LogP contribution in [0, 0.1) is 0 Å².